The second-order valence-corrected chi connectivity index (χ2v) is 5.08. The van der Waals surface area contributed by atoms with Gasteiger partial charge in [0.05, 0.1) is 0 Å². The molecule has 1 aliphatic rings. The topological polar surface area (TPSA) is 85.2 Å². The largest absolute Gasteiger partial charge is 0.388 e. The number of carbonyl (C=O) groups excluding carboxylic acids is 2. The SMILES string of the molecule is CC(=O)NCCN/C=C(/C#N)C(=O)N1CCC(C)CC1. The van der Waals surface area contributed by atoms with Gasteiger partial charge in [0, 0.05) is 39.3 Å². The molecule has 1 rings (SSSR count). The van der Waals surface area contributed by atoms with Crippen molar-refractivity contribution in [3.63, 3.8) is 0 Å². The fourth-order valence-electron chi connectivity index (χ4n) is 2.01. The van der Waals surface area contributed by atoms with Gasteiger partial charge in [-0.05, 0) is 18.8 Å². The van der Waals surface area contributed by atoms with E-state index in [1.807, 2.05) is 6.07 Å². The zero-order valence-corrected chi connectivity index (χ0v) is 12.1. The van der Waals surface area contributed by atoms with Gasteiger partial charge in [0.1, 0.15) is 11.6 Å². The first-order valence-electron chi connectivity index (χ1n) is 6.92. The third kappa shape index (κ3) is 5.31. The van der Waals surface area contributed by atoms with Gasteiger partial charge in [-0.3, -0.25) is 9.59 Å². The maximum atomic E-state index is 12.1. The van der Waals surface area contributed by atoms with E-state index in [9.17, 15) is 9.59 Å². The van der Waals surface area contributed by atoms with Gasteiger partial charge in [-0.2, -0.15) is 5.26 Å². The maximum Gasteiger partial charge on any atom is 0.265 e. The fraction of sp³-hybridized carbons (Fsp3) is 0.643. The molecule has 0 radical (unpaired) electrons. The molecule has 0 aromatic carbocycles. The third-order valence-electron chi connectivity index (χ3n) is 3.31. The Kier molecular flexibility index (Phi) is 6.57. The first kappa shape index (κ1) is 16.0. The average molecular weight is 278 g/mol. The van der Waals surface area contributed by atoms with Gasteiger partial charge < -0.3 is 15.5 Å². The smallest absolute Gasteiger partial charge is 0.265 e. The van der Waals surface area contributed by atoms with Crippen molar-refractivity contribution in [3.8, 4) is 6.07 Å². The Labute approximate surface area is 119 Å². The van der Waals surface area contributed by atoms with Gasteiger partial charge in [-0.25, -0.2) is 0 Å². The molecule has 1 saturated heterocycles. The molecule has 6 heteroatoms. The number of nitrogens with zero attached hydrogens (tertiary/aromatic N) is 2. The van der Waals surface area contributed by atoms with E-state index in [-0.39, 0.29) is 17.4 Å². The molecule has 110 valence electrons. The van der Waals surface area contributed by atoms with Crippen LogP contribution in [0.15, 0.2) is 11.8 Å². The highest BCUT2D eigenvalue weighted by molar-refractivity contribution is 5.97. The number of likely N-dealkylation sites (tertiary alicyclic amines) is 1. The van der Waals surface area contributed by atoms with Crippen LogP contribution in [0.4, 0.5) is 0 Å². The summed E-state index contributed by atoms with van der Waals surface area (Å²) in [5.41, 5.74) is 0.113. The lowest BCUT2D eigenvalue weighted by Crippen LogP contribution is -2.39. The molecular weight excluding hydrogens is 256 g/mol. The van der Waals surface area contributed by atoms with Crippen LogP contribution in [0.3, 0.4) is 0 Å². The Morgan fingerprint density at radius 2 is 2.00 bits per heavy atom. The van der Waals surface area contributed by atoms with Gasteiger partial charge in [0.15, 0.2) is 0 Å². The van der Waals surface area contributed by atoms with Crippen LogP contribution in [0, 0.1) is 17.2 Å². The molecule has 1 heterocycles. The summed E-state index contributed by atoms with van der Waals surface area (Å²) >= 11 is 0. The Hall–Kier alpha value is -2.03. The highest BCUT2D eigenvalue weighted by atomic mass is 16.2. The van der Waals surface area contributed by atoms with Crippen molar-refractivity contribution < 1.29 is 9.59 Å². The minimum absolute atomic E-state index is 0.102. The number of amides is 2. The molecule has 0 unspecified atom stereocenters. The molecule has 0 bridgehead atoms. The van der Waals surface area contributed by atoms with Crippen LogP contribution in [-0.2, 0) is 9.59 Å². The minimum atomic E-state index is -0.216. The zero-order valence-electron chi connectivity index (χ0n) is 12.1. The lowest BCUT2D eigenvalue weighted by molar-refractivity contribution is -0.128. The van der Waals surface area contributed by atoms with Gasteiger partial charge in [0.2, 0.25) is 5.91 Å². The van der Waals surface area contributed by atoms with Crippen molar-refractivity contribution in [1.82, 2.24) is 15.5 Å². The third-order valence-corrected chi connectivity index (χ3v) is 3.31. The molecule has 6 nitrogen and oxygen atoms in total. The summed E-state index contributed by atoms with van der Waals surface area (Å²) in [6, 6.07) is 1.93. The molecule has 0 aromatic heterocycles. The van der Waals surface area contributed by atoms with Crippen LogP contribution < -0.4 is 10.6 Å². The molecule has 20 heavy (non-hydrogen) atoms. The summed E-state index contributed by atoms with van der Waals surface area (Å²) in [5, 5.41) is 14.5. The van der Waals surface area contributed by atoms with E-state index in [0.717, 1.165) is 12.8 Å². The number of hydrogen-bond donors (Lipinski definition) is 2. The molecule has 0 aromatic rings. The quantitative estimate of drug-likeness (QED) is 0.432. The lowest BCUT2D eigenvalue weighted by Gasteiger charge is -2.30. The Morgan fingerprint density at radius 3 is 2.55 bits per heavy atom. The second-order valence-electron chi connectivity index (χ2n) is 5.08. The summed E-state index contributed by atoms with van der Waals surface area (Å²) in [5.74, 6) is 0.325. The van der Waals surface area contributed by atoms with Gasteiger partial charge in [-0.1, -0.05) is 6.92 Å². The van der Waals surface area contributed by atoms with E-state index in [0.29, 0.717) is 32.1 Å². The molecule has 2 N–H and O–H groups in total. The zero-order chi connectivity index (χ0) is 15.0. The minimum Gasteiger partial charge on any atom is -0.388 e. The summed E-state index contributed by atoms with van der Waals surface area (Å²) in [6.45, 7) is 5.98. The number of rotatable bonds is 5. The molecule has 0 saturated carbocycles. The number of hydrogen-bond acceptors (Lipinski definition) is 4. The van der Waals surface area contributed by atoms with Gasteiger partial charge >= 0.3 is 0 Å². The van der Waals surface area contributed by atoms with E-state index < -0.39 is 0 Å². The Balaban J connectivity index is 2.42. The Bertz CT molecular complexity index is 417. The van der Waals surface area contributed by atoms with Crippen LogP contribution in [0.1, 0.15) is 26.7 Å². The fourth-order valence-corrected chi connectivity index (χ4v) is 2.01. The van der Waals surface area contributed by atoms with Crippen molar-refractivity contribution in [2.75, 3.05) is 26.2 Å². The van der Waals surface area contributed by atoms with Crippen molar-refractivity contribution in [2.45, 2.75) is 26.7 Å². The molecule has 0 spiro atoms. The van der Waals surface area contributed by atoms with Crippen LogP contribution in [0.2, 0.25) is 0 Å². The Morgan fingerprint density at radius 1 is 1.35 bits per heavy atom. The number of piperidine rings is 1. The first-order chi connectivity index (χ1) is 9.54. The predicted molar refractivity (Wildman–Crippen MR) is 75.4 cm³/mol. The molecule has 0 atom stereocenters. The van der Waals surface area contributed by atoms with Gasteiger partial charge in [0.25, 0.3) is 5.91 Å². The van der Waals surface area contributed by atoms with Crippen LogP contribution in [-0.4, -0.2) is 42.9 Å². The van der Waals surface area contributed by atoms with Crippen molar-refractivity contribution in [3.05, 3.63) is 11.8 Å². The summed E-state index contributed by atoms with van der Waals surface area (Å²) in [4.78, 5) is 24.5. The first-order valence-corrected chi connectivity index (χ1v) is 6.92. The van der Waals surface area contributed by atoms with Crippen molar-refractivity contribution in [1.29, 1.82) is 5.26 Å². The molecular formula is C14H22N4O2. The van der Waals surface area contributed by atoms with Crippen molar-refractivity contribution >= 4 is 11.8 Å². The molecule has 1 aliphatic heterocycles. The number of nitrogens with one attached hydrogen (secondary N) is 2. The highest BCUT2D eigenvalue weighted by Crippen LogP contribution is 2.17. The van der Waals surface area contributed by atoms with E-state index >= 15 is 0 Å². The van der Waals surface area contributed by atoms with E-state index in [2.05, 4.69) is 17.6 Å². The normalized spacial score (nSPS) is 16.4. The van der Waals surface area contributed by atoms with E-state index in [1.54, 1.807) is 4.90 Å². The number of carbonyl (C=O) groups is 2. The molecule has 1 fully saturated rings. The van der Waals surface area contributed by atoms with Crippen LogP contribution in [0.5, 0.6) is 0 Å². The summed E-state index contributed by atoms with van der Waals surface area (Å²) < 4.78 is 0. The summed E-state index contributed by atoms with van der Waals surface area (Å²) in [7, 11) is 0. The van der Waals surface area contributed by atoms with E-state index in [4.69, 9.17) is 5.26 Å². The van der Waals surface area contributed by atoms with Crippen molar-refractivity contribution in [2.24, 2.45) is 5.92 Å². The van der Waals surface area contributed by atoms with E-state index in [1.165, 1.54) is 13.1 Å². The average Bonchev–Trinajstić information content (AvgIpc) is 2.42. The molecule has 0 aliphatic carbocycles. The summed E-state index contributed by atoms with van der Waals surface area (Å²) in [6.07, 6.45) is 3.41. The number of nitriles is 1. The lowest BCUT2D eigenvalue weighted by atomic mass is 9.99. The van der Waals surface area contributed by atoms with Crippen LogP contribution >= 0.6 is 0 Å². The predicted octanol–water partition coefficient (Wildman–Crippen LogP) is 0.378. The van der Waals surface area contributed by atoms with Crippen LogP contribution in [0.25, 0.3) is 0 Å². The monoisotopic (exact) mass is 278 g/mol. The maximum absolute atomic E-state index is 12.1. The standard InChI is InChI=1S/C14H22N4O2/c1-11-3-7-18(8-4-11)14(20)13(9-15)10-16-5-6-17-12(2)19/h10-11,16H,3-8H2,1-2H3,(H,17,19)/b13-10-. The highest BCUT2D eigenvalue weighted by Gasteiger charge is 2.22. The van der Waals surface area contributed by atoms with Gasteiger partial charge in [-0.15, -0.1) is 0 Å². The second kappa shape index (κ2) is 8.20. The molecule has 2 amide bonds.